The van der Waals surface area contributed by atoms with Crippen molar-refractivity contribution in [1.29, 1.82) is 0 Å². The minimum atomic E-state index is 0.0145. The van der Waals surface area contributed by atoms with Gasteiger partial charge in [0.05, 0.1) is 0 Å². The lowest BCUT2D eigenvalue weighted by molar-refractivity contribution is -0.123. The van der Waals surface area contributed by atoms with Crippen molar-refractivity contribution < 1.29 is 9.53 Å². The number of hydrogen-bond donors (Lipinski definition) is 1. The van der Waals surface area contributed by atoms with Gasteiger partial charge in [0, 0.05) is 6.04 Å². The Morgan fingerprint density at radius 1 is 0.962 bits per heavy atom. The first-order valence-corrected chi connectivity index (χ1v) is 10.7. The summed E-state index contributed by atoms with van der Waals surface area (Å²) in [6.45, 7) is 4.40. The molecule has 26 heavy (non-hydrogen) atoms. The van der Waals surface area contributed by atoms with Crippen LogP contribution in [0.25, 0.3) is 0 Å². The van der Waals surface area contributed by atoms with Crippen LogP contribution in [-0.4, -0.2) is 18.6 Å². The molecule has 1 fully saturated rings. The molecule has 1 saturated carbocycles. The smallest absolute Gasteiger partial charge is 0.258 e. The average molecular weight is 360 g/mol. The first-order valence-electron chi connectivity index (χ1n) is 10.7. The van der Waals surface area contributed by atoms with Gasteiger partial charge in [0.1, 0.15) is 5.75 Å². The van der Waals surface area contributed by atoms with Gasteiger partial charge in [0.15, 0.2) is 6.61 Å². The Hall–Kier alpha value is -1.51. The maximum absolute atomic E-state index is 12.4. The van der Waals surface area contributed by atoms with Crippen molar-refractivity contribution in [2.45, 2.75) is 96.4 Å². The van der Waals surface area contributed by atoms with Crippen molar-refractivity contribution in [2.75, 3.05) is 6.61 Å². The molecular formula is C23H37NO2. The number of ether oxygens (including phenoxy) is 1. The lowest BCUT2D eigenvalue weighted by Gasteiger charge is -2.20. The van der Waals surface area contributed by atoms with E-state index in [-0.39, 0.29) is 12.5 Å². The summed E-state index contributed by atoms with van der Waals surface area (Å²) in [5, 5.41) is 3.23. The Bertz CT molecular complexity index is 515. The molecule has 1 aromatic carbocycles. The highest BCUT2D eigenvalue weighted by atomic mass is 16.5. The molecule has 0 spiro atoms. The third kappa shape index (κ3) is 7.80. The molecule has 0 saturated heterocycles. The summed E-state index contributed by atoms with van der Waals surface area (Å²) in [5.41, 5.74) is 1.16. The highest BCUT2D eigenvalue weighted by Gasteiger charge is 2.14. The van der Waals surface area contributed by atoms with Gasteiger partial charge in [0.2, 0.25) is 0 Å². The van der Waals surface area contributed by atoms with Crippen molar-refractivity contribution in [3.8, 4) is 5.75 Å². The molecule has 3 heteroatoms. The minimum absolute atomic E-state index is 0.0145. The second kappa shape index (κ2) is 12.0. The van der Waals surface area contributed by atoms with Crippen LogP contribution in [0.5, 0.6) is 5.75 Å². The van der Waals surface area contributed by atoms with E-state index in [2.05, 4.69) is 25.2 Å². The lowest BCUT2D eigenvalue weighted by atomic mass is 9.98. The van der Waals surface area contributed by atoms with E-state index in [4.69, 9.17) is 4.74 Å². The van der Waals surface area contributed by atoms with Crippen molar-refractivity contribution >= 4 is 5.91 Å². The summed E-state index contributed by atoms with van der Waals surface area (Å²) in [7, 11) is 0. The molecule has 0 radical (unpaired) electrons. The topological polar surface area (TPSA) is 38.3 Å². The molecule has 1 aliphatic rings. The number of carbonyl (C=O) groups excluding carboxylic acids is 1. The van der Waals surface area contributed by atoms with Crippen molar-refractivity contribution in [3.05, 3.63) is 29.8 Å². The molecule has 1 amide bonds. The number of hydrogen-bond acceptors (Lipinski definition) is 2. The molecule has 0 atom stereocenters. The minimum Gasteiger partial charge on any atom is -0.483 e. The Morgan fingerprint density at radius 3 is 2.08 bits per heavy atom. The van der Waals surface area contributed by atoms with Crippen molar-refractivity contribution in [1.82, 2.24) is 5.32 Å². The number of para-hydroxylation sites is 1. The summed E-state index contributed by atoms with van der Waals surface area (Å²) >= 11 is 0. The Morgan fingerprint density at radius 2 is 1.50 bits per heavy atom. The zero-order valence-corrected chi connectivity index (χ0v) is 16.8. The van der Waals surface area contributed by atoms with Crippen LogP contribution in [0.2, 0.25) is 0 Å². The predicted molar refractivity (Wildman–Crippen MR) is 109 cm³/mol. The van der Waals surface area contributed by atoms with E-state index in [1.54, 1.807) is 0 Å². The molecule has 0 heterocycles. The maximum Gasteiger partial charge on any atom is 0.258 e. The summed E-state index contributed by atoms with van der Waals surface area (Å²) in [5.74, 6) is 1.23. The van der Waals surface area contributed by atoms with Gasteiger partial charge in [-0.25, -0.2) is 0 Å². The average Bonchev–Trinajstić information content (AvgIpc) is 2.62. The van der Waals surface area contributed by atoms with Crippen LogP contribution >= 0.6 is 0 Å². The number of benzene rings is 1. The lowest BCUT2D eigenvalue weighted by Crippen LogP contribution is -2.38. The normalized spacial score (nSPS) is 18.0. The van der Waals surface area contributed by atoms with Gasteiger partial charge in [-0.3, -0.25) is 4.79 Å². The number of rotatable bonds is 5. The molecule has 2 rings (SSSR count). The maximum atomic E-state index is 12.4. The molecule has 0 bridgehead atoms. The molecule has 0 aliphatic heterocycles. The fraction of sp³-hybridized carbons (Fsp3) is 0.696. The molecule has 0 aromatic heterocycles. The molecule has 3 nitrogen and oxygen atoms in total. The van der Waals surface area contributed by atoms with Crippen molar-refractivity contribution in [3.63, 3.8) is 0 Å². The molecule has 0 unspecified atom stereocenters. The Labute approximate surface area is 159 Å². The van der Waals surface area contributed by atoms with Crippen LogP contribution in [0.4, 0.5) is 0 Å². The van der Waals surface area contributed by atoms with E-state index in [1.807, 2.05) is 18.2 Å². The Balaban J connectivity index is 1.80. The zero-order chi connectivity index (χ0) is 18.6. The zero-order valence-electron chi connectivity index (χ0n) is 16.8. The quantitative estimate of drug-likeness (QED) is 0.702. The van der Waals surface area contributed by atoms with E-state index >= 15 is 0 Å². The fourth-order valence-electron chi connectivity index (χ4n) is 3.81. The van der Waals surface area contributed by atoms with Crippen LogP contribution in [-0.2, 0) is 4.79 Å². The highest BCUT2D eigenvalue weighted by molar-refractivity contribution is 5.77. The van der Waals surface area contributed by atoms with Crippen molar-refractivity contribution in [2.24, 2.45) is 0 Å². The van der Waals surface area contributed by atoms with Gasteiger partial charge >= 0.3 is 0 Å². The van der Waals surface area contributed by atoms with Crippen LogP contribution in [0, 0.1) is 0 Å². The number of amides is 1. The van der Waals surface area contributed by atoms with E-state index in [9.17, 15) is 4.79 Å². The SMILES string of the molecule is CC(C)c1ccccc1OCC(=O)NC1CCCCCCCCCCC1. The van der Waals surface area contributed by atoms with E-state index in [0.29, 0.717) is 12.0 Å². The molecular weight excluding hydrogens is 322 g/mol. The predicted octanol–water partition coefficient (Wildman–Crippen LogP) is 5.98. The number of carbonyl (C=O) groups is 1. The second-order valence-corrected chi connectivity index (χ2v) is 8.00. The van der Waals surface area contributed by atoms with Crippen LogP contribution < -0.4 is 10.1 Å². The standard InChI is InChI=1S/C23H37NO2/c1-19(2)21-16-12-13-17-22(21)26-18-23(25)24-20-14-10-8-6-4-3-5-7-9-11-15-20/h12-13,16-17,19-20H,3-11,14-15,18H2,1-2H3,(H,24,25). The Kier molecular flexibility index (Phi) is 9.58. The van der Waals surface area contributed by atoms with Gasteiger partial charge in [-0.1, -0.05) is 89.8 Å². The van der Waals surface area contributed by atoms with Gasteiger partial charge in [-0.2, -0.15) is 0 Å². The van der Waals surface area contributed by atoms with Gasteiger partial charge in [-0.15, -0.1) is 0 Å². The summed E-state index contributed by atoms with van der Waals surface area (Å²) in [6, 6.07) is 8.33. The molecule has 1 aromatic rings. The monoisotopic (exact) mass is 359 g/mol. The largest absolute Gasteiger partial charge is 0.483 e. The highest BCUT2D eigenvalue weighted by Crippen LogP contribution is 2.25. The third-order valence-electron chi connectivity index (χ3n) is 5.37. The van der Waals surface area contributed by atoms with Crippen LogP contribution in [0.15, 0.2) is 24.3 Å². The van der Waals surface area contributed by atoms with Gasteiger partial charge < -0.3 is 10.1 Å². The summed E-state index contributed by atoms with van der Waals surface area (Å²) in [4.78, 5) is 12.4. The molecule has 1 N–H and O–H groups in total. The van der Waals surface area contributed by atoms with Crippen LogP contribution in [0.3, 0.4) is 0 Å². The summed E-state index contributed by atoms with van der Waals surface area (Å²) in [6.07, 6.45) is 14.1. The molecule has 1 aliphatic carbocycles. The van der Waals surface area contributed by atoms with Gasteiger partial charge in [0.25, 0.3) is 5.91 Å². The number of nitrogens with one attached hydrogen (secondary N) is 1. The van der Waals surface area contributed by atoms with E-state index in [0.717, 1.165) is 24.2 Å². The van der Waals surface area contributed by atoms with Crippen LogP contribution in [0.1, 0.15) is 96.0 Å². The molecule has 146 valence electrons. The van der Waals surface area contributed by atoms with E-state index in [1.165, 1.54) is 57.8 Å². The first-order chi connectivity index (χ1) is 12.7. The second-order valence-electron chi connectivity index (χ2n) is 8.00. The third-order valence-corrected chi connectivity index (χ3v) is 5.37. The summed E-state index contributed by atoms with van der Waals surface area (Å²) < 4.78 is 5.83. The van der Waals surface area contributed by atoms with E-state index < -0.39 is 0 Å². The van der Waals surface area contributed by atoms with Gasteiger partial charge in [-0.05, 0) is 30.4 Å². The first kappa shape index (κ1) is 20.8. The fourth-order valence-corrected chi connectivity index (χ4v) is 3.81.